The highest BCUT2D eigenvalue weighted by Gasteiger charge is 2.13. The lowest BCUT2D eigenvalue weighted by Gasteiger charge is -2.03. The highest BCUT2D eigenvalue weighted by Crippen LogP contribution is 2.13. The molecule has 1 rings (SSSR count). The van der Waals surface area contributed by atoms with E-state index in [2.05, 4.69) is 10.0 Å². The van der Waals surface area contributed by atoms with Gasteiger partial charge in [-0.25, -0.2) is 8.42 Å². The predicted octanol–water partition coefficient (Wildman–Crippen LogP) is 2.47. The van der Waals surface area contributed by atoms with E-state index in [4.69, 9.17) is 5.53 Å². The van der Waals surface area contributed by atoms with E-state index in [9.17, 15) is 8.42 Å². The summed E-state index contributed by atoms with van der Waals surface area (Å²) in [5, 5.41) is 3.30. The lowest BCUT2D eigenvalue weighted by molar-refractivity contribution is 0.593. The van der Waals surface area contributed by atoms with Gasteiger partial charge in [0.05, 0.1) is 10.6 Å². The lowest BCUT2D eigenvalue weighted by atomic mass is 10.2. The Bertz CT molecular complexity index is 505. The van der Waals surface area contributed by atoms with E-state index >= 15 is 0 Å². The van der Waals surface area contributed by atoms with E-state index < -0.39 is 9.84 Å². The maximum atomic E-state index is 11.8. The van der Waals surface area contributed by atoms with Crippen molar-refractivity contribution in [2.24, 2.45) is 5.11 Å². The molecule has 0 bridgehead atoms. The van der Waals surface area contributed by atoms with Crippen LogP contribution in [-0.4, -0.2) is 20.7 Å². The van der Waals surface area contributed by atoms with Crippen molar-refractivity contribution in [3.8, 4) is 0 Å². The maximum Gasteiger partial charge on any atom is 0.178 e. The average Bonchev–Trinajstić information content (AvgIpc) is 2.24. The Kier molecular flexibility index (Phi) is 4.34. The molecule has 0 aliphatic rings. The van der Waals surface area contributed by atoms with Gasteiger partial charge in [-0.2, -0.15) is 0 Å². The summed E-state index contributed by atoms with van der Waals surface area (Å²) in [5.74, 6) is 0.00940. The molecule has 0 saturated heterocycles. The largest absolute Gasteiger partial charge is 0.224 e. The molecule has 86 valence electrons. The van der Waals surface area contributed by atoms with Gasteiger partial charge in [0.2, 0.25) is 0 Å². The van der Waals surface area contributed by atoms with Gasteiger partial charge in [-0.1, -0.05) is 17.2 Å². The first kappa shape index (κ1) is 12.5. The molecule has 6 heteroatoms. The zero-order chi connectivity index (χ0) is 12.0. The Morgan fingerprint density at radius 2 is 2.19 bits per heavy atom. The van der Waals surface area contributed by atoms with Crippen molar-refractivity contribution in [2.45, 2.75) is 18.2 Å². The van der Waals surface area contributed by atoms with Crippen LogP contribution in [0.4, 0.5) is 0 Å². The van der Waals surface area contributed by atoms with Gasteiger partial charge in [-0.3, -0.25) is 0 Å². The SMILES string of the molecule is Cc1cccc(S(=O)(=O)CCCN=[N+]=[N-])c1. The van der Waals surface area contributed by atoms with Gasteiger partial charge in [-0.15, -0.1) is 0 Å². The van der Waals surface area contributed by atoms with Gasteiger partial charge in [0.1, 0.15) is 0 Å². The van der Waals surface area contributed by atoms with Crippen LogP contribution in [0.3, 0.4) is 0 Å². The summed E-state index contributed by atoms with van der Waals surface area (Å²) in [6.45, 7) is 2.06. The van der Waals surface area contributed by atoms with Crippen LogP contribution in [0.1, 0.15) is 12.0 Å². The molecule has 0 aromatic heterocycles. The molecule has 0 fully saturated rings. The molecule has 5 nitrogen and oxygen atoms in total. The Hall–Kier alpha value is -1.52. The van der Waals surface area contributed by atoms with E-state index in [0.717, 1.165) is 5.56 Å². The lowest BCUT2D eigenvalue weighted by Crippen LogP contribution is -2.07. The number of sulfone groups is 1. The molecular weight excluding hydrogens is 226 g/mol. The van der Waals surface area contributed by atoms with E-state index in [-0.39, 0.29) is 12.3 Å². The fraction of sp³-hybridized carbons (Fsp3) is 0.400. The van der Waals surface area contributed by atoms with Crippen LogP contribution in [0.15, 0.2) is 34.3 Å². The second kappa shape index (κ2) is 5.53. The quantitative estimate of drug-likeness (QED) is 0.342. The number of hydrogen-bond acceptors (Lipinski definition) is 3. The van der Waals surface area contributed by atoms with Gasteiger partial charge < -0.3 is 0 Å². The molecule has 0 amide bonds. The van der Waals surface area contributed by atoms with Gasteiger partial charge in [0.25, 0.3) is 0 Å². The van der Waals surface area contributed by atoms with Crippen molar-refractivity contribution in [1.29, 1.82) is 0 Å². The van der Waals surface area contributed by atoms with Crippen LogP contribution < -0.4 is 0 Å². The van der Waals surface area contributed by atoms with Gasteiger partial charge in [0.15, 0.2) is 9.84 Å². The highest BCUT2D eigenvalue weighted by molar-refractivity contribution is 7.91. The number of nitrogens with zero attached hydrogens (tertiary/aromatic N) is 3. The van der Waals surface area contributed by atoms with Crippen LogP contribution in [-0.2, 0) is 9.84 Å². The summed E-state index contributed by atoms with van der Waals surface area (Å²) in [6.07, 6.45) is 0.348. The normalized spacial score (nSPS) is 10.8. The summed E-state index contributed by atoms with van der Waals surface area (Å²) in [4.78, 5) is 2.90. The fourth-order valence-electron chi connectivity index (χ4n) is 1.30. The summed E-state index contributed by atoms with van der Waals surface area (Å²) in [6, 6.07) is 6.79. The second-order valence-corrected chi connectivity index (χ2v) is 5.55. The zero-order valence-electron chi connectivity index (χ0n) is 9.00. The van der Waals surface area contributed by atoms with E-state index in [1.165, 1.54) is 0 Å². The topological polar surface area (TPSA) is 82.9 Å². The monoisotopic (exact) mass is 239 g/mol. The first-order valence-electron chi connectivity index (χ1n) is 4.86. The molecule has 0 radical (unpaired) electrons. The molecule has 0 N–H and O–H groups in total. The van der Waals surface area contributed by atoms with Crippen molar-refractivity contribution in [3.05, 3.63) is 40.3 Å². The first-order valence-corrected chi connectivity index (χ1v) is 6.52. The third-order valence-electron chi connectivity index (χ3n) is 2.08. The number of hydrogen-bond donors (Lipinski definition) is 0. The zero-order valence-corrected chi connectivity index (χ0v) is 9.81. The van der Waals surface area contributed by atoms with Crippen LogP contribution in [0.25, 0.3) is 10.4 Å². The van der Waals surface area contributed by atoms with E-state index in [1.54, 1.807) is 18.2 Å². The molecule has 0 unspecified atom stereocenters. The van der Waals surface area contributed by atoms with Crippen LogP contribution in [0.2, 0.25) is 0 Å². The molecule has 0 heterocycles. The van der Waals surface area contributed by atoms with Crippen LogP contribution >= 0.6 is 0 Å². The maximum absolute atomic E-state index is 11.8. The van der Waals surface area contributed by atoms with E-state index in [1.807, 2.05) is 13.0 Å². The Morgan fingerprint density at radius 3 is 2.81 bits per heavy atom. The molecule has 0 atom stereocenters. The van der Waals surface area contributed by atoms with Crippen molar-refractivity contribution in [2.75, 3.05) is 12.3 Å². The third kappa shape index (κ3) is 3.56. The molecule has 0 saturated carbocycles. The Morgan fingerprint density at radius 1 is 1.44 bits per heavy atom. The van der Waals surface area contributed by atoms with Crippen molar-refractivity contribution in [3.63, 3.8) is 0 Å². The van der Waals surface area contributed by atoms with Crippen molar-refractivity contribution in [1.82, 2.24) is 0 Å². The smallest absolute Gasteiger partial charge is 0.178 e. The molecule has 0 aliphatic carbocycles. The Labute approximate surface area is 94.7 Å². The Balaban J connectivity index is 2.74. The second-order valence-electron chi connectivity index (χ2n) is 3.44. The number of azide groups is 1. The minimum absolute atomic E-state index is 0.00940. The van der Waals surface area contributed by atoms with Crippen molar-refractivity contribution < 1.29 is 8.42 Å². The summed E-state index contributed by atoms with van der Waals surface area (Å²) in [7, 11) is -3.25. The molecule has 0 aliphatic heterocycles. The molecule has 0 spiro atoms. The van der Waals surface area contributed by atoms with E-state index in [0.29, 0.717) is 11.3 Å². The third-order valence-corrected chi connectivity index (χ3v) is 3.88. The van der Waals surface area contributed by atoms with Gasteiger partial charge in [-0.05, 0) is 36.6 Å². The standard InChI is InChI=1S/C10H13N3O2S/c1-9-4-2-5-10(8-9)16(14,15)7-3-6-12-13-11/h2,4-5,8H,3,6-7H2,1H3. The molecule has 1 aromatic rings. The summed E-state index contributed by atoms with van der Waals surface area (Å²) >= 11 is 0. The molecule has 1 aromatic carbocycles. The predicted molar refractivity (Wildman–Crippen MR) is 61.9 cm³/mol. The van der Waals surface area contributed by atoms with Crippen LogP contribution in [0.5, 0.6) is 0 Å². The first-order chi connectivity index (χ1) is 7.56. The minimum atomic E-state index is -3.25. The summed E-state index contributed by atoms with van der Waals surface area (Å²) < 4.78 is 23.6. The van der Waals surface area contributed by atoms with Gasteiger partial charge >= 0.3 is 0 Å². The number of aryl methyl sites for hydroxylation is 1. The molecule has 16 heavy (non-hydrogen) atoms. The van der Waals surface area contributed by atoms with Crippen molar-refractivity contribution >= 4 is 9.84 Å². The number of rotatable bonds is 5. The highest BCUT2D eigenvalue weighted by atomic mass is 32.2. The van der Waals surface area contributed by atoms with Crippen LogP contribution in [0, 0.1) is 6.92 Å². The fourth-order valence-corrected chi connectivity index (χ4v) is 2.69. The number of benzene rings is 1. The van der Waals surface area contributed by atoms with Gasteiger partial charge in [0, 0.05) is 11.5 Å². The summed E-state index contributed by atoms with van der Waals surface area (Å²) in [5.41, 5.74) is 8.97. The minimum Gasteiger partial charge on any atom is -0.224 e. The average molecular weight is 239 g/mol. The molecular formula is C10H13N3O2S.